The van der Waals surface area contributed by atoms with Gasteiger partial charge in [-0.1, -0.05) is 6.07 Å². The number of nitrogens with one attached hydrogen (secondary N) is 1. The number of carbonyl (C=O) groups is 2. The lowest BCUT2D eigenvalue weighted by molar-refractivity contribution is -0.138. The number of hydrogen-bond donors (Lipinski definition) is 2. The van der Waals surface area contributed by atoms with Crippen LogP contribution >= 0.6 is 0 Å². The van der Waals surface area contributed by atoms with Crippen LogP contribution in [0.1, 0.15) is 28.7 Å². The van der Waals surface area contributed by atoms with Gasteiger partial charge in [0.1, 0.15) is 11.9 Å². The second-order valence-corrected chi connectivity index (χ2v) is 4.84. The summed E-state index contributed by atoms with van der Waals surface area (Å²) >= 11 is 0. The Hall–Kier alpha value is -2.63. The molecule has 0 saturated heterocycles. The van der Waals surface area contributed by atoms with Crippen molar-refractivity contribution in [2.75, 3.05) is 0 Å². The van der Waals surface area contributed by atoms with Crippen LogP contribution in [-0.2, 0) is 4.79 Å². The minimum absolute atomic E-state index is 0.403. The average molecular weight is 287 g/mol. The highest BCUT2D eigenvalue weighted by atomic mass is 16.4. The van der Waals surface area contributed by atoms with E-state index >= 15 is 0 Å². The quantitative estimate of drug-likeness (QED) is 0.896. The van der Waals surface area contributed by atoms with Crippen molar-refractivity contribution in [3.63, 3.8) is 0 Å². The third-order valence-corrected chi connectivity index (χ3v) is 3.27. The molecule has 2 aromatic heterocycles. The molecule has 1 atom stereocenters. The number of carbonyl (C=O) groups excluding carboxylic acids is 1. The van der Waals surface area contributed by atoms with Crippen molar-refractivity contribution in [3.05, 3.63) is 47.4 Å². The minimum Gasteiger partial charge on any atom is -0.480 e. The van der Waals surface area contributed by atoms with E-state index in [9.17, 15) is 9.59 Å². The molecule has 2 rings (SSSR count). The highest BCUT2D eigenvalue weighted by molar-refractivity contribution is 5.97. The van der Waals surface area contributed by atoms with E-state index in [-0.39, 0.29) is 0 Å². The van der Waals surface area contributed by atoms with E-state index in [0.717, 1.165) is 17.2 Å². The van der Waals surface area contributed by atoms with E-state index in [1.54, 1.807) is 12.3 Å². The molecule has 0 spiro atoms. The van der Waals surface area contributed by atoms with Crippen molar-refractivity contribution in [1.82, 2.24) is 14.9 Å². The zero-order chi connectivity index (χ0) is 15.6. The van der Waals surface area contributed by atoms with E-state index in [2.05, 4.69) is 10.3 Å². The molecule has 1 amide bonds. The topological polar surface area (TPSA) is 84.2 Å². The van der Waals surface area contributed by atoms with Crippen LogP contribution in [0.3, 0.4) is 0 Å². The molecule has 0 radical (unpaired) electrons. The number of aryl methyl sites for hydroxylation is 1. The van der Waals surface area contributed by atoms with Crippen molar-refractivity contribution in [1.29, 1.82) is 0 Å². The Kier molecular flexibility index (Phi) is 4.07. The van der Waals surface area contributed by atoms with Gasteiger partial charge in [0.2, 0.25) is 0 Å². The lowest BCUT2D eigenvalue weighted by Gasteiger charge is -2.10. The number of rotatable bonds is 4. The molecule has 1 unspecified atom stereocenters. The molecule has 6 heteroatoms. The third kappa shape index (κ3) is 2.94. The summed E-state index contributed by atoms with van der Waals surface area (Å²) in [6, 6.07) is 6.33. The minimum atomic E-state index is -1.07. The first kappa shape index (κ1) is 14.8. The van der Waals surface area contributed by atoms with Gasteiger partial charge in [-0.05, 0) is 39.0 Å². The van der Waals surface area contributed by atoms with Crippen LogP contribution in [0.2, 0.25) is 0 Å². The smallest absolute Gasteiger partial charge is 0.325 e. The Labute approximate surface area is 122 Å². The summed E-state index contributed by atoms with van der Waals surface area (Å²) in [5.41, 5.74) is 2.03. The first-order valence-corrected chi connectivity index (χ1v) is 6.56. The third-order valence-electron chi connectivity index (χ3n) is 3.27. The summed E-state index contributed by atoms with van der Waals surface area (Å²) in [6.07, 6.45) is 1.68. The van der Waals surface area contributed by atoms with Gasteiger partial charge in [-0.3, -0.25) is 9.59 Å². The molecule has 21 heavy (non-hydrogen) atoms. The van der Waals surface area contributed by atoms with Crippen LogP contribution in [0.5, 0.6) is 0 Å². The fourth-order valence-electron chi connectivity index (χ4n) is 2.17. The Morgan fingerprint density at radius 2 is 2.05 bits per heavy atom. The van der Waals surface area contributed by atoms with Crippen LogP contribution in [0, 0.1) is 13.8 Å². The van der Waals surface area contributed by atoms with Gasteiger partial charge in [0.25, 0.3) is 5.91 Å². The van der Waals surface area contributed by atoms with Gasteiger partial charge in [0.05, 0.1) is 5.56 Å². The Morgan fingerprint density at radius 3 is 2.62 bits per heavy atom. The molecule has 0 aromatic carbocycles. The number of aliphatic carboxylic acids is 1. The lowest BCUT2D eigenvalue weighted by atomic mass is 10.2. The zero-order valence-electron chi connectivity index (χ0n) is 12.1. The van der Waals surface area contributed by atoms with Crippen LogP contribution in [0.25, 0.3) is 5.82 Å². The van der Waals surface area contributed by atoms with Gasteiger partial charge in [0.15, 0.2) is 0 Å². The molecule has 0 aliphatic carbocycles. The van der Waals surface area contributed by atoms with Crippen molar-refractivity contribution in [2.24, 2.45) is 0 Å². The number of carboxylic acids is 1. The van der Waals surface area contributed by atoms with Crippen LogP contribution in [-0.4, -0.2) is 32.6 Å². The van der Waals surface area contributed by atoms with E-state index in [0.29, 0.717) is 5.56 Å². The van der Waals surface area contributed by atoms with Crippen molar-refractivity contribution < 1.29 is 14.7 Å². The fourth-order valence-corrected chi connectivity index (χ4v) is 2.17. The molecule has 110 valence electrons. The number of carboxylic acid groups (broad SMARTS) is 1. The predicted molar refractivity (Wildman–Crippen MR) is 77.6 cm³/mol. The standard InChI is InChI=1S/C15H17N3O3/c1-9-8-12(14(19)17-10(2)15(20)21)11(3)18(9)13-6-4-5-7-16-13/h4-8,10H,1-3H3,(H,17,19)(H,20,21). The summed E-state index contributed by atoms with van der Waals surface area (Å²) in [5.74, 6) is -0.750. The number of nitrogens with zero attached hydrogens (tertiary/aromatic N) is 2. The number of pyridine rings is 1. The molecule has 2 N–H and O–H groups in total. The summed E-state index contributed by atoms with van der Waals surface area (Å²) in [6.45, 7) is 5.11. The van der Waals surface area contributed by atoms with Crippen LogP contribution in [0.15, 0.2) is 30.5 Å². The lowest BCUT2D eigenvalue weighted by Crippen LogP contribution is -2.38. The van der Waals surface area contributed by atoms with Crippen molar-refractivity contribution >= 4 is 11.9 Å². The monoisotopic (exact) mass is 287 g/mol. The van der Waals surface area contributed by atoms with Gasteiger partial charge >= 0.3 is 5.97 Å². The maximum Gasteiger partial charge on any atom is 0.325 e. The molecule has 2 aromatic rings. The summed E-state index contributed by atoms with van der Waals surface area (Å²) in [4.78, 5) is 27.3. The first-order chi connectivity index (χ1) is 9.91. The SMILES string of the molecule is Cc1cc(C(=O)NC(C)C(=O)O)c(C)n1-c1ccccn1. The highest BCUT2D eigenvalue weighted by Gasteiger charge is 2.20. The van der Waals surface area contributed by atoms with E-state index < -0.39 is 17.9 Å². The summed E-state index contributed by atoms with van der Waals surface area (Å²) in [5, 5.41) is 11.3. The predicted octanol–water partition coefficient (Wildman–Crippen LogP) is 1.69. The van der Waals surface area contributed by atoms with E-state index in [1.807, 2.05) is 36.6 Å². The maximum atomic E-state index is 12.2. The Bertz CT molecular complexity index is 677. The molecule has 0 bridgehead atoms. The normalized spacial score (nSPS) is 12.0. The van der Waals surface area contributed by atoms with Gasteiger partial charge < -0.3 is 15.0 Å². The molecule has 6 nitrogen and oxygen atoms in total. The van der Waals surface area contributed by atoms with Crippen LogP contribution in [0.4, 0.5) is 0 Å². The van der Waals surface area contributed by atoms with Gasteiger partial charge in [0, 0.05) is 17.6 Å². The average Bonchev–Trinajstić information content (AvgIpc) is 2.74. The zero-order valence-corrected chi connectivity index (χ0v) is 12.1. The molecule has 0 saturated carbocycles. The fraction of sp³-hybridized carbons (Fsp3) is 0.267. The largest absolute Gasteiger partial charge is 0.480 e. The maximum absolute atomic E-state index is 12.2. The second-order valence-electron chi connectivity index (χ2n) is 4.84. The van der Waals surface area contributed by atoms with Gasteiger partial charge in [-0.2, -0.15) is 0 Å². The second kappa shape index (κ2) is 5.78. The van der Waals surface area contributed by atoms with Crippen molar-refractivity contribution in [2.45, 2.75) is 26.8 Å². The molecule has 0 fully saturated rings. The number of aromatic nitrogens is 2. The molecule has 2 heterocycles. The number of amides is 1. The van der Waals surface area contributed by atoms with Crippen LogP contribution < -0.4 is 5.32 Å². The molecular formula is C15H17N3O3. The van der Waals surface area contributed by atoms with E-state index in [4.69, 9.17) is 5.11 Å². The Morgan fingerprint density at radius 1 is 1.33 bits per heavy atom. The first-order valence-electron chi connectivity index (χ1n) is 6.56. The highest BCUT2D eigenvalue weighted by Crippen LogP contribution is 2.19. The summed E-state index contributed by atoms with van der Waals surface area (Å²) < 4.78 is 1.86. The molecule has 0 aliphatic rings. The van der Waals surface area contributed by atoms with Crippen molar-refractivity contribution in [3.8, 4) is 5.82 Å². The molecule has 0 aliphatic heterocycles. The molecular weight excluding hydrogens is 270 g/mol. The van der Waals surface area contributed by atoms with Gasteiger partial charge in [-0.15, -0.1) is 0 Å². The van der Waals surface area contributed by atoms with E-state index in [1.165, 1.54) is 6.92 Å². The Balaban J connectivity index is 2.36. The number of hydrogen-bond acceptors (Lipinski definition) is 3. The van der Waals surface area contributed by atoms with Gasteiger partial charge in [-0.25, -0.2) is 4.98 Å². The summed E-state index contributed by atoms with van der Waals surface area (Å²) in [7, 11) is 0.